The SMILES string of the molecule is Cc1cc(=O)c2oc(O)c(C(=NCc3ccccc3)c3ccccc3)c2o1. The Morgan fingerprint density at radius 3 is 2.33 bits per heavy atom. The Balaban J connectivity index is 1.93. The van der Waals surface area contributed by atoms with Crippen LogP contribution in [0.3, 0.4) is 0 Å². The lowest BCUT2D eigenvalue weighted by Gasteiger charge is -2.06. The third-order valence-corrected chi connectivity index (χ3v) is 4.21. The van der Waals surface area contributed by atoms with Crippen molar-refractivity contribution in [2.75, 3.05) is 0 Å². The zero-order valence-corrected chi connectivity index (χ0v) is 14.7. The van der Waals surface area contributed by atoms with Crippen molar-refractivity contribution < 1.29 is 13.9 Å². The first-order valence-corrected chi connectivity index (χ1v) is 8.54. The molecule has 0 aliphatic heterocycles. The molecule has 0 aliphatic carbocycles. The zero-order chi connectivity index (χ0) is 18.8. The van der Waals surface area contributed by atoms with Crippen molar-refractivity contribution in [3.8, 4) is 5.95 Å². The highest BCUT2D eigenvalue weighted by atomic mass is 16.5. The van der Waals surface area contributed by atoms with E-state index in [9.17, 15) is 9.90 Å². The molecule has 0 amide bonds. The highest BCUT2D eigenvalue weighted by Crippen LogP contribution is 2.32. The standard InChI is InChI=1S/C22H17NO4/c1-14-12-17(24)20-21(26-14)18(22(25)27-20)19(16-10-6-3-7-11-16)23-13-15-8-4-2-5-9-15/h2-12,25H,13H2,1H3. The molecule has 4 rings (SSSR count). The van der Waals surface area contributed by atoms with E-state index in [0.29, 0.717) is 18.0 Å². The summed E-state index contributed by atoms with van der Waals surface area (Å²) in [5.41, 5.74) is 2.44. The molecule has 0 fully saturated rings. The Morgan fingerprint density at radius 1 is 0.963 bits per heavy atom. The van der Waals surface area contributed by atoms with E-state index in [1.807, 2.05) is 60.7 Å². The Morgan fingerprint density at radius 2 is 1.63 bits per heavy atom. The first kappa shape index (κ1) is 16.8. The minimum atomic E-state index is -0.382. The van der Waals surface area contributed by atoms with Gasteiger partial charge < -0.3 is 13.9 Å². The number of aliphatic imine (C=N–C) groups is 1. The van der Waals surface area contributed by atoms with E-state index in [1.54, 1.807) is 6.92 Å². The molecule has 27 heavy (non-hydrogen) atoms. The van der Waals surface area contributed by atoms with Crippen molar-refractivity contribution in [2.45, 2.75) is 13.5 Å². The number of hydrogen-bond donors (Lipinski definition) is 1. The average molecular weight is 359 g/mol. The van der Waals surface area contributed by atoms with Gasteiger partial charge in [-0.05, 0) is 12.5 Å². The Kier molecular flexibility index (Phi) is 4.34. The van der Waals surface area contributed by atoms with E-state index in [-0.39, 0.29) is 28.1 Å². The van der Waals surface area contributed by atoms with Gasteiger partial charge >= 0.3 is 0 Å². The summed E-state index contributed by atoms with van der Waals surface area (Å²) in [6, 6.07) is 20.6. The van der Waals surface area contributed by atoms with Crippen molar-refractivity contribution >= 4 is 16.9 Å². The second kappa shape index (κ2) is 6.96. The molecule has 5 heteroatoms. The number of aryl methyl sites for hydroxylation is 1. The van der Waals surface area contributed by atoms with Gasteiger partial charge in [0, 0.05) is 11.6 Å². The summed E-state index contributed by atoms with van der Waals surface area (Å²) >= 11 is 0. The highest BCUT2D eigenvalue weighted by Gasteiger charge is 2.24. The second-order valence-corrected chi connectivity index (χ2v) is 6.18. The van der Waals surface area contributed by atoms with Gasteiger partial charge in [0.15, 0.2) is 5.58 Å². The van der Waals surface area contributed by atoms with Crippen LogP contribution in [-0.2, 0) is 6.54 Å². The summed E-state index contributed by atoms with van der Waals surface area (Å²) in [5.74, 6) is 0.0529. The fraction of sp³-hybridized carbons (Fsp3) is 0.0909. The van der Waals surface area contributed by atoms with Gasteiger partial charge in [0.25, 0.3) is 5.95 Å². The molecule has 0 bridgehead atoms. The van der Waals surface area contributed by atoms with Crippen LogP contribution in [0.2, 0.25) is 0 Å². The fourth-order valence-corrected chi connectivity index (χ4v) is 2.98. The molecule has 0 spiro atoms. The van der Waals surface area contributed by atoms with Crippen molar-refractivity contribution in [1.82, 2.24) is 0 Å². The van der Waals surface area contributed by atoms with Crippen molar-refractivity contribution in [3.05, 3.63) is 99.4 Å². The van der Waals surface area contributed by atoms with Crippen LogP contribution in [0.15, 0.2) is 85.4 Å². The molecule has 0 saturated heterocycles. The van der Waals surface area contributed by atoms with Crippen molar-refractivity contribution in [2.24, 2.45) is 4.99 Å². The number of aromatic hydroxyl groups is 1. The van der Waals surface area contributed by atoms with Gasteiger partial charge in [0.1, 0.15) is 11.3 Å². The number of furan rings is 1. The number of nitrogens with zero attached hydrogens (tertiary/aromatic N) is 1. The minimum absolute atomic E-state index is 0.0172. The van der Waals surface area contributed by atoms with E-state index >= 15 is 0 Å². The Hall–Kier alpha value is -3.60. The molecule has 0 saturated carbocycles. The number of fused-ring (bicyclic) bond motifs is 1. The summed E-state index contributed by atoms with van der Waals surface area (Å²) in [6.45, 7) is 2.09. The summed E-state index contributed by atoms with van der Waals surface area (Å²) in [7, 11) is 0. The number of hydrogen-bond acceptors (Lipinski definition) is 5. The third kappa shape index (κ3) is 3.27. The summed E-state index contributed by atoms with van der Waals surface area (Å²) < 4.78 is 11.0. The molecular weight excluding hydrogens is 342 g/mol. The maximum atomic E-state index is 12.2. The molecule has 4 aromatic rings. The van der Waals surface area contributed by atoms with Crippen molar-refractivity contribution in [1.29, 1.82) is 0 Å². The monoisotopic (exact) mass is 359 g/mol. The first-order chi connectivity index (χ1) is 13.1. The molecular formula is C22H17NO4. The number of benzene rings is 2. The highest BCUT2D eigenvalue weighted by molar-refractivity contribution is 6.19. The van der Waals surface area contributed by atoms with Crippen molar-refractivity contribution in [3.63, 3.8) is 0 Å². The normalized spacial score (nSPS) is 11.8. The average Bonchev–Trinajstić information content (AvgIpc) is 3.00. The molecule has 0 aliphatic rings. The van der Waals surface area contributed by atoms with Crippen LogP contribution in [0.5, 0.6) is 5.95 Å². The molecule has 0 radical (unpaired) electrons. The van der Waals surface area contributed by atoms with E-state index in [1.165, 1.54) is 6.07 Å². The predicted molar refractivity (Wildman–Crippen MR) is 103 cm³/mol. The zero-order valence-electron chi connectivity index (χ0n) is 14.7. The minimum Gasteiger partial charge on any atom is -0.480 e. The van der Waals surface area contributed by atoms with E-state index in [2.05, 4.69) is 0 Å². The lowest BCUT2D eigenvalue weighted by molar-refractivity contribution is 0.345. The van der Waals surface area contributed by atoms with E-state index < -0.39 is 0 Å². The Labute approximate surface area is 155 Å². The molecule has 2 aromatic carbocycles. The summed E-state index contributed by atoms with van der Waals surface area (Å²) in [4.78, 5) is 16.9. The van der Waals surface area contributed by atoms with E-state index in [0.717, 1.165) is 11.1 Å². The molecule has 1 N–H and O–H groups in total. The Bertz CT molecular complexity index is 1170. The maximum absolute atomic E-state index is 12.2. The van der Waals surface area contributed by atoms with Crippen LogP contribution in [0.1, 0.15) is 22.5 Å². The maximum Gasteiger partial charge on any atom is 0.296 e. The van der Waals surface area contributed by atoms with E-state index in [4.69, 9.17) is 13.8 Å². The number of rotatable bonds is 4. The summed E-state index contributed by atoms with van der Waals surface area (Å²) in [5, 5.41) is 10.4. The van der Waals surface area contributed by atoms with Crippen LogP contribution < -0.4 is 5.43 Å². The smallest absolute Gasteiger partial charge is 0.296 e. The van der Waals surface area contributed by atoms with Gasteiger partial charge in [0.05, 0.1) is 12.3 Å². The predicted octanol–water partition coefficient (Wildman–Crippen LogP) is 4.44. The van der Waals surface area contributed by atoms with Gasteiger partial charge in [-0.3, -0.25) is 9.79 Å². The first-order valence-electron chi connectivity index (χ1n) is 8.54. The quantitative estimate of drug-likeness (QED) is 0.547. The van der Waals surface area contributed by atoms with Gasteiger partial charge in [0.2, 0.25) is 11.0 Å². The molecule has 2 heterocycles. The van der Waals surface area contributed by atoms with Gasteiger partial charge in [-0.15, -0.1) is 0 Å². The van der Waals surface area contributed by atoms with Crippen LogP contribution in [0.4, 0.5) is 0 Å². The summed E-state index contributed by atoms with van der Waals surface area (Å²) in [6.07, 6.45) is 0. The fourth-order valence-electron chi connectivity index (χ4n) is 2.98. The molecule has 5 nitrogen and oxygen atoms in total. The topological polar surface area (TPSA) is 75.9 Å². The van der Waals surface area contributed by atoms with Gasteiger partial charge in [-0.1, -0.05) is 60.7 Å². The molecule has 0 unspecified atom stereocenters. The van der Waals surface area contributed by atoms with Crippen LogP contribution >= 0.6 is 0 Å². The van der Waals surface area contributed by atoms with Gasteiger partial charge in [-0.25, -0.2) is 0 Å². The largest absolute Gasteiger partial charge is 0.480 e. The lowest BCUT2D eigenvalue weighted by atomic mass is 10.0. The van der Waals surface area contributed by atoms with Gasteiger partial charge in [-0.2, -0.15) is 0 Å². The van der Waals surface area contributed by atoms with Crippen LogP contribution in [0, 0.1) is 6.92 Å². The van der Waals surface area contributed by atoms with Crippen LogP contribution in [-0.4, -0.2) is 10.8 Å². The molecule has 0 atom stereocenters. The molecule has 2 aromatic heterocycles. The lowest BCUT2D eigenvalue weighted by Crippen LogP contribution is -2.05. The third-order valence-electron chi connectivity index (χ3n) is 4.21. The molecule has 134 valence electrons. The second-order valence-electron chi connectivity index (χ2n) is 6.18. The van der Waals surface area contributed by atoms with Crippen LogP contribution in [0.25, 0.3) is 11.2 Å².